The number of esters is 1. The highest BCUT2D eigenvalue weighted by atomic mass is 16.6. The van der Waals surface area contributed by atoms with Gasteiger partial charge in [0.1, 0.15) is 11.4 Å². The van der Waals surface area contributed by atoms with Crippen molar-refractivity contribution in [1.29, 1.82) is 0 Å². The molecule has 0 spiro atoms. The summed E-state index contributed by atoms with van der Waals surface area (Å²) in [6, 6.07) is 5.04. The van der Waals surface area contributed by atoms with Crippen LogP contribution in [0.4, 0.5) is 0 Å². The van der Waals surface area contributed by atoms with Gasteiger partial charge in [0.05, 0.1) is 18.3 Å². The van der Waals surface area contributed by atoms with E-state index < -0.39 is 18.7 Å². The van der Waals surface area contributed by atoms with Crippen LogP contribution in [0.25, 0.3) is 10.9 Å². The summed E-state index contributed by atoms with van der Waals surface area (Å²) in [6.45, 7) is 5.24. The van der Waals surface area contributed by atoms with Crippen LogP contribution in [0.1, 0.15) is 31.1 Å². The first kappa shape index (κ1) is 15.4. The fraction of sp³-hybridized carbons (Fsp3) is 0.357. The number of hydrogen-bond acceptors (Lipinski definition) is 5. The third-order valence-electron chi connectivity index (χ3n) is 2.90. The van der Waals surface area contributed by atoms with Gasteiger partial charge in [-0.1, -0.05) is 0 Å². The van der Waals surface area contributed by atoms with E-state index in [1.54, 1.807) is 39.0 Å². The molecule has 0 unspecified atom stereocenters. The van der Waals surface area contributed by atoms with E-state index in [1.165, 1.54) is 7.11 Å². The van der Waals surface area contributed by atoms with Crippen molar-refractivity contribution in [2.45, 2.75) is 26.4 Å². The zero-order valence-electron chi connectivity index (χ0n) is 12.4. The standard InChI is InChI=1S/C14H18BNO5/c1-14(2,3)21-13(17)11-9-6-5-8(20-4)7-10(9)16-12(11)15(18)19/h5-7,16,18-19H,1-4H3. The number of nitrogens with one attached hydrogen (secondary N) is 1. The van der Waals surface area contributed by atoms with Gasteiger partial charge in [-0.2, -0.15) is 0 Å². The molecule has 0 aliphatic carbocycles. The van der Waals surface area contributed by atoms with E-state index in [4.69, 9.17) is 9.47 Å². The zero-order chi connectivity index (χ0) is 15.8. The highest BCUT2D eigenvalue weighted by molar-refractivity contribution is 6.60. The first-order valence-electron chi connectivity index (χ1n) is 6.52. The number of carbonyl (C=O) groups is 1. The number of ether oxygens (including phenoxy) is 2. The van der Waals surface area contributed by atoms with Crippen LogP contribution in [0.5, 0.6) is 5.75 Å². The maximum atomic E-state index is 12.3. The van der Waals surface area contributed by atoms with Crippen molar-refractivity contribution in [3.05, 3.63) is 23.8 Å². The van der Waals surface area contributed by atoms with E-state index in [-0.39, 0.29) is 11.2 Å². The maximum absolute atomic E-state index is 12.3. The van der Waals surface area contributed by atoms with E-state index in [9.17, 15) is 14.8 Å². The van der Waals surface area contributed by atoms with Crippen LogP contribution in [0.2, 0.25) is 0 Å². The molecule has 112 valence electrons. The van der Waals surface area contributed by atoms with Crippen LogP contribution in [0, 0.1) is 0 Å². The quantitative estimate of drug-likeness (QED) is 0.575. The summed E-state index contributed by atoms with van der Waals surface area (Å²) in [5, 5.41) is 19.5. The molecule has 7 heteroatoms. The summed E-state index contributed by atoms with van der Waals surface area (Å²) in [5.41, 5.74) is 0.0218. The van der Waals surface area contributed by atoms with Crippen molar-refractivity contribution in [3.8, 4) is 5.75 Å². The van der Waals surface area contributed by atoms with Gasteiger partial charge in [-0.3, -0.25) is 0 Å². The van der Waals surface area contributed by atoms with E-state index in [2.05, 4.69) is 4.98 Å². The second kappa shape index (κ2) is 5.42. The molecule has 0 radical (unpaired) electrons. The Morgan fingerprint density at radius 3 is 2.48 bits per heavy atom. The Morgan fingerprint density at radius 1 is 1.29 bits per heavy atom. The Bertz CT molecular complexity index is 672. The molecular formula is C14H18BNO5. The lowest BCUT2D eigenvalue weighted by Gasteiger charge is -2.19. The predicted molar refractivity (Wildman–Crippen MR) is 79.8 cm³/mol. The van der Waals surface area contributed by atoms with E-state index >= 15 is 0 Å². The van der Waals surface area contributed by atoms with Gasteiger partial charge in [0.15, 0.2) is 0 Å². The maximum Gasteiger partial charge on any atom is 0.506 e. The summed E-state index contributed by atoms with van der Waals surface area (Å²) in [7, 11) is -0.272. The molecule has 3 N–H and O–H groups in total. The fourth-order valence-electron chi connectivity index (χ4n) is 2.07. The average molecular weight is 291 g/mol. The molecule has 0 atom stereocenters. The average Bonchev–Trinajstić information content (AvgIpc) is 2.74. The molecule has 0 fully saturated rings. The van der Waals surface area contributed by atoms with Gasteiger partial charge in [-0.15, -0.1) is 0 Å². The Labute approximate surface area is 122 Å². The first-order valence-corrected chi connectivity index (χ1v) is 6.52. The predicted octanol–water partition coefficient (Wildman–Crippen LogP) is 0.812. The molecule has 2 rings (SSSR count). The van der Waals surface area contributed by atoms with Crippen LogP contribution < -0.4 is 10.3 Å². The molecule has 0 amide bonds. The van der Waals surface area contributed by atoms with E-state index in [0.29, 0.717) is 16.7 Å². The number of aromatic nitrogens is 1. The monoisotopic (exact) mass is 291 g/mol. The van der Waals surface area contributed by atoms with Crippen molar-refractivity contribution in [2.24, 2.45) is 0 Å². The number of benzene rings is 1. The minimum Gasteiger partial charge on any atom is -0.497 e. The molecule has 1 aromatic carbocycles. The number of hydrogen-bond donors (Lipinski definition) is 3. The second-order valence-electron chi connectivity index (χ2n) is 5.70. The number of methoxy groups -OCH3 is 1. The van der Waals surface area contributed by atoms with E-state index in [1.807, 2.05) is 0 Å². The molecular weight excluding hydrogens is 273 g/mol. The largest absolute Gasteiger partial charge is 0.506 e. The molecule has 0 saturated carbocycles. The van der Waals surface area contributed by atoms with Gasteiger partial charge in [-0.25, -0.2) is 4.79 Å². The second-order valence-corrected chi connectivity index (χ2v) is 5.70. The van der Waals surface area contributed by atoms with Gasteiger partial charge in [-0.05, 0) is 32.9 Å². The molecule has 1 aromatic heterocycles. The lowest BCUT2D eigenvalue weighted by atomic mass is 9.83. The summed E-state index contributed by atoms with van der Waals surface area (Å²) in [5.74, 6) is -0.0134. The molecule has 21 heavy (non-hydrogen) atoms. The fourth-order valence-corrected chi connectivity index (χ4v) is 2.07. The van der Waals surface area contributed by atoms with Gasteiger partial charge in [0.25, 0.3) is 0 Å². The summed E-state index contributed by atoms with van der Waals surface area (Å²) in [6.07, 6.45) is 0. The molecule has 0 aliphatic heterocycles. The van der Waals surface area contributed by atoms with Crippen LogP contribution >= 0.6 is 0 Å². The van der Waals surface area contributed by atoms with Gasteiger partial charge in [0, 0.05) is 17.0 Å². The number of H-pyrrole nitrogens is 1. The smallest absolute Gasteiger partial charge is 0.497 e. The normalized spacial score (nSPS) is 11.5. The number of aromatic amines is 1. The third kappa shape index (κ3) is 3.20. The summed E-state index contributed by atoms with van der Waals surface area (Å²) in [4.78, 5) is 15.1. The lowest BCUT2D eigenvalue weighted by Crippen LogP contribution is -2.37. The van der Waals surface area contributed by atoms with Crippen molar-refractivity contribution < 1.29 is 24.3 Å². The highest BCUT2D eigenvalue weighted by Crippen LogP contribution is 2.24. The Balaban J connectivity index is 2.59. The summed E-state index contributed by atoms with van der Waals surface area (Å²) < 4.78 is 10.4. The number of fused-ring (bicyclic) bond motifs is 1. The SMILES string of the molecule is COc1ccc2c(C(=O)OC(C)(C)C)c(B(O)O)[nH]c2c1. The Kier molecular flexibility index (Phi) is 3.98. The van der Waals surface area contributed by atoms with Gasteiger partial charge >= 0.3 is 13.1 Å². The molecule has 1 heterocycles. The lowest BCUT2D eigenvalue weighted by molar-refractivity contribution is 0.00729. The molecule has 0 saturated heterocycles. The van der Waals surface area contributed by atoms with Crippen molar-refractivity contribution in [1.82, 2.24) is 4.98 Å². The zero-order valence-corrected chi connectivity index (χ0v) is 12.4. The topological polar surface area (TPSA) is 91.8 Å². The van der Waals surface area contributed by atoms with Crippen LogP contribution in [0.15, 0.2) is 18.2 Å². The molecule has 6 nitrogen and oxygen atoms in total. The van der Waals surface area contributed by atoms with Crippen molar-refractivity contribution in [2.75, 3.05) is 7.11 Å². The molecule has 2 aromatic rings. The Hall–Kier alpha value is -1.99. The molecule has 0 aliphatic rings. The minimum absolute atomic E-state index is 0.00695. The van der Waals surface area contributed by atoms with E-state index in [0.717, 1.165) is 0 Å². The number of carbonyl (C=O) groups excluding carboxylic acids is 1. The summed E-state index contributed by atoms with van der Waals surface area (Å²) >= 11 is 0. The Morgan fingerprint density at radius 2 is 1.95 bits per heavy atom. The van der Waals surface area contributed by atoms with Crippen molar-refractivity contribution >= 4 is 29.6 Å². The van der Waals surface area contributed by atoms with Crippen LogP contribution in [-0.2, 0) is 4.74 Å². The van der Waals surface area contributed by atoms with Gasteiger partial charge in [0.2, 0.25) is 0 Å². The molecule has 0 bridgehead atoms. The highest BCUT2D eigenvalue weighted by Gasteiger charge is 2.29. The number of rotatable bonds is 3. The minimum atomic E-state index is -1.80. The third-order valence-corrected chi connectivity index (χ3v) is 2.90. The van der Waals surface area contributed by atoms with Gasteiger partial charge < -0.3 is 24.5 Å². The first-order chi connectivity index (χ1) is 9.73. The van der Waals surface area contributed by atoms with Crippen molar-refractivity contribution in [3.63, 3.8) is 0 Å². The van der Waals surface area contributed by atoms with Crippen LogP contribution in [0.3, 0.4) is 0 Å². The van der Waals surface area contributed by atoms with Crippen LogP contribution in [-0.4, -0.2) is 40.8 Å².